The molecule has 5 nitrogen and oxygen atoms in total. The number of rotatable bonds is 7. The Morgan fingerprint density at radius 2 is 1.71 bits per heavy atom. The summed E-state index contributed by atoms with van der Waals surface area (Å²) in [7, 11) is -3.41. The minimum atomic E-state index is -3.41. The van der Waals surface area contributed by atoms with Crippen LogP contribution in [0.1, 0.15) is 31.6 Å². The molecule has 2 bridgehead atoms. The molecule has 0 spiro atoms. The quantitative estimate of drug-likeness (QED) is 0.738. The van der Waals surface area contributed by atoms with Crippen LogP contribution in [0.15, 0.2) is 16.3 Å². The van der Waals surface area contributed by atoms with Crippen LogP contribution in [0.5, 0.6) is 0 Å². The van der Waals surface area contributed by atoms with Gasteiger partial charge in [0.2, 0.25) is 5.91 Å². The third-order valence-corrected chi connectivity index (χ3v) is 12.6. The number of sulfonamides is 1. The van der Waals surface area contributed by atoms with E-state index >= 15 is 0 Å². The van der Waals surface area contributed by atoms with Gasteiger partial charge in [0.25, 0.3) is 10.0 Å². The number of fused-ring (bicyclic) bond motifs is 2. The van der Waals surface area contributed by atoms with E-state index in [4.69, 9.17) is 0 Å². The van der Waals surface area contributed by atoms with Gasteiger partial charge < -0.3 is 5.32 Å². The van der Waals surface area contributed by atoms with E-state index in [1.54, 1.807) is 6.07 Å². The second-order valence-electron chi connectivity index (χ2n) is 9.49. The van der Waals surface area contributed by atoms with E-state index in [0.29, 0.717) is 35.7 Å². The number of amides is 1. The first-order valence-electron chi connectivity index (χ1n) is 10.8. The normalized spacial score (nSPS) is 43.9. The minimum Gasteiger partial charge on any atom is -0.351 e. The Kier molecular flexibility index (Phi) is 3.72. The summed E-state index contributed by atoms with van der Waals surface area (Å²) in [6.07, 6.45) is 2.80. The van der Waals surface area contributed by atoms with Gasteiger partial charge in [-0.05, 0) is 72.3 Å². The second-order valence-corrected chi connectivity index (χ2v) is 12.8. The Morgan fingerprint density at radius 3 is 2.43 bits per heavy atom. The number of carbonyl (C=O) groups excluding carboxylic acids is 1. The molecular formula is C21H28N2O3S2. The van der Waals surface area contributed by atoms with Crippen molar-refractivity contribution in [1.29, 1.82) is 0 Å². The number of nitrogens with zero attached hydrogens (tertiary/aromatic N) is 1. The van der Waals surface area contributed by atoms with E-state index in [-0.39, 0.29) is 11.8 Å². The molecule has 7 heteroatoms. The van der Waals surface area contributed by atoms with Crippen molar-refractivity contribution in [2.75, 3.05) is 13.1 Å². The molecule has 9 atom stereocenters. The topological polar surface area (TPSA) is 66.5 Å². The van der Waals surface area contributed by atoms with Crippen molar-refractivity contribution in [1.82, 2.24) is 9.62 Å². The van der Waals surface area contributed by atoms with Gasteiger partial charge in [-0.1, -0.05) is 13.8 Å². The molecule has 152 valence electrons. The molecule has 0 saturated heterocycles. The number of hydrogen-bond donors (Lipinski definition) is 1. The summed E-state index contributed by atoms with van der Waals surface area (Å²) in [4.78, 5) is 14.0. The van der Waals surface area contributed by atoms with Crippen molar-refractivity contribution in [2.45, 2.75) is 37.4 Å². The average molecular weight is 421 g/mol. The minimum absolute atomic E-state index is 0.236. The number of carbonyl (C=O) groups is 1. The zero-order valence-corrected chi connectivity index (χ0v) is 18.0. The maximum atomic E-state index is 13.1. The molecule has 1 amide bonds. The molecule has 1 aromatic heterocycles. The van der Waals surface area contributed by atoms with Gasteiger partial charge in [-0.2, -0.15) is 4.31 Å². The van der Waals surface area contributed by atoms with Crippen molar-refractivity contribution < 1.29 is 13.2 Å². The van der Waals surface area contributed by atoms with Crippen LogP contribution in [0.3, 0.4) is 0 Å². The third-order valence-electron chi connectivity index (χ3n) is 9.00. The van der Waals surface area contributed by atoms with Gasteiger partial charge in [-0.15, -0.1) is 11.3 Å². The van der Waals surface area contributed by atoms with Crippen molar-refractivity contribution in [3.05, 3.63) is 17.0 Å². The van der Waals surface area contributed by atoms with Crippen LogP contribution in [-0.2, 0) is 21.4 Å². The third kappa shape index (κ3) is 2.01. The molecule has 1 heterocycles. The molecule has 0 radical (unpaired) electrons. The van der Waals surface area contributed by atoms with E-state index in [9.17, 15) is 13.2 Å². The van der Waals surface area contributed by atoms with Gasteiger partial charge in [-0.25, -0.2) is 8.42 Å². The van der Waals surface area contributed by atoms with E-state index in [0.717, 1.165) is 40.4 Å². The molecule has 28 heavy (non-hydrogen) atoms. The Hall–Kier alpha value is -0.920. The fraction of sp³-hybridized carbons (Fsp3) is 0.762. The average Bonchev–Trinajstić information content (AvgIpc) is 3.35. The van der Waals surface area contributed by atoms with Crippen molar-refractivity contribution in [2.24, 2.45) is 53.3 Å². The molecule has 6 rings (SSSR count). The van der Waals surface area contributed by atoms with Crippen LogP contribution in [0.25, 0.3) is 0 Å². The van der Waals surface area contributed by atoms with Gasteiger partial charge in [0.15, 0.2) is 0 Å². The maximum Gasteiger partial charge on any atom is 0.252 e. The molecule has 5 fully saturated rings. The molecule has 5 aliphatic carbocycles. The highest BCUT2D eigenvalue weighted by molar-refractivity contribution is 7.91. The van der Waals surface area contributed by atoms with Gasteiger partial charge in [0.05, 0.1) is 6.54 Å². The molecule has 1 N–H and O–H groups in total. The Labute approximate surface area is 170 Å². The highest BCUT2D eigenvalue weighted by atomic mass is 32.2. The molecule has 1 aromatic rings. The molecule has 9 unspecified atom stereocenters. The van der Waals surface area contributed by atoms with E-state index in [1.165, 1.54) is 28.5 Å². The molecule has 5 saturated carbocycles. The van der Waals surface area contributed by atoms with Crippen molar-refractivity contribution >= 4 is 27.3 Å². The first kappa shape index (κ1) is 17.9. The lowest BCUT2D eigenvalue weighted by molar-refractivity contribution is -0.132. The SMILES string of the molecule is CCN(CC)S(=O)(=O)c1ccc(CNC(=O)C2C3C4CC5C6C4CC3C6C52)s1. The molecular weight excluding hydrogens is 392 g/mol. The van der Waals surface area contributed by atoms with E-state index in [2.05, 4.69) is 5.32 Å². The summed E-state index contributed by atoms with van der Waals surface area (Å²) < 4.78 is 27.2. The van der Waals surface area contributed by atoms with Crippen LogP contribution in [0.4, 0.5) is 0 Å². The summed E-state index contributed by atoms with van der Waals surface area (Å²) in [6.45, 7) is 5.10. The van der Waals surface area contributed by atoms with Crippen LogP contribution in [-0.4, -0.2) is 31.7 Å². The predicted octanol–water partition coefficient (Wildman–Crippen LogP) is 2.79. The Morgan fingerprint density at radius 1 is 1.04 bits per heavy atom. The fourth-order valence-electron chi connectivity index (χ4n) is 8.40. The lowest BCUT2D eigenvalue weighted by atomic mass is 9.57. The highest BCUT2D eigenvalue weighted by Gasteiger charge is 2.81. The summed E-state index contributed by atoms with van der Waals surface area (Å²) in [6, 6.07) is 3.53. The fourth-order valence-corrected chi connectivity index (χ4v) is 11.3. The second kappa shape index (κ2) is 5.82. The summed E-state index contributed by atoms with van der Waals surface area (Å²) >= 11 is 1.29. The Balaban J connectivity index is 1.14. The van der Waals surface area contributed by atoms with Gasteiger partial charge in [0.1, 0.15) is 4.21 Å². The van der Waals surface area contributed by atoms with Crippen LogP contribution >= 0.6 is 11.3 Å². The molecule has 5 aliphatic rings. The van der Waals surface area contributed by atoms with Crippen LogP contribution in [0.2, 0.25) is 0 Å². The van der Waals surface area contributed by atoms with Crippen LogP contribution in [0, 0.1) is 53.3 Å². The lowest BCUT2D eigenvalue weighted by Crippen LogP contribution is -2.48. The Bertz CT molecular complexity index is 931. The summed E-state index contributed by atoms with van der Waals surface area (Å²) in [5.41, 5.74) is 0. The summed E-state index contributed by atoms with van der Waals surface area (Å²) in [5.74, 6) is 7.08. The van der Waals surface area contributed by atoms with Crippen molar-refractivity contribution in [3.8, 4) is 0 Å². The molecule has 0 aromatic carbocycles. The number of thiophene rings is 1. The zero-order chi connectivity index (χ0) is 19.4. The van der Waals surface area contributed by atoms with Crippen molar-refractivity contribution in [3.63, 3.8) is 0 Å². The van der Waals surface area contributed by atoms with Crippen LogP contribution < -0.4 is 5.32 Å². The van der Waals surface area contributed by atoms with Gasteiger partial charge in [0, 0.05) is 23.9 Å². The first-order chi connectivity index (χ1) is 13.5. The van der Waals surface area contributed by atoms with Gasteiger partial charge in [-0.3, -0.25) is 4.79 Å². The smallest absolute Gasteiger partial charge is 0.252 e. The lowest BCUT2D eigenvalue weighted by Gasteiger charge is -2.47. The summed E-state index contributed by atoms with van der Waals surface area (Å²) in [5, 5.41) is 3.17. The maximum absolute atomic E-state index is 13.1. The largest absolute Gasteiger partial charge is 0.351 e. The predicted molar refractivity (Wildman–Crippen MR) is 107 cm³/mol. The number of nitrogens with one attached hydrogen (secondary N) is 1. The van der Waals surface area contributed by atoms with Gasteiger partial charge >= 0.3 is 0 Å². The highest BCUT2D eigenvalue weighted by Crippen LogP contribution is 2.84. The molecule has 0 aliphatic heterocycles. The standard InChI is InChI=1S/C21H28N2O3S2/c1-3-23(4-2)28(25,26)15-6-5-10(27-15)9-22-21(24)20-17-12-8-13-16-11(12)7-14(17)18(16)19(13)20/h5-6,11-14,16-20H,3-4,7-9H2,1-2H3,(H,22,24). The monoisotopic (exact) mass is 420 g/mol. The zero-order valence-electron chi connectivity index (χ0n) is 16.4. The van der Waals surface area contributed by atoms with E-state index < -0.39 is 10.0 Å². The first-order valence-corrected chi connectivity index (χ1v) is 13.1. The van der Waals surface area contributed by atoms with E-state index in [1.807, 2.05) is 19.9 Å². The number of hydrogen-bond acceptors (Lipinski definition) is 4.